The van der Waals surface area contributed by atoms with Gasteiger partial charge in [0, 0.05) is 62.5 Å². The standard InChI is InChI=1S/C35H50FN5O4/c1-8-28-22-44-14-13-38(28)19-29-20-40(33(43)45-34(3,4)5)24(2)18-39(29)21-31(42)41-23-35(6,7)32-30(41)16-26(17-37-32)15-25-9-11-27(36)12-10-25/h9-12,16-17,24,28-29H,8,13-15,18-23H2,1-7H3/t24-,28?,29+/m1/s1. The van der Waals surface area contributed by atoms with Crippen molar-refractivity contribution in [2.45, 2.75) is 90.4 Å². The Bertz CT molecular complexity index is 1360. The first-order valence-corrected chi connectivity index (χ1v) is 16.3. The topological polar surface area (TPSA) is 78.5 Å². The fourth-order valence-electron chi connectivity index (χ4n) is 6.82. The average Bonchev–Trinajstić information content (AvgIpc) is 3.24. The molecule has 2 amide bonds. The molecule has 2 saturated heterocycles. The lowest BCUT2D eigenvalue weighted by molar-refractivity contribution is -0.122. The molecule has 2 fully saturated rings. The quantitative estimate of drug-likeness (QED) is 0.436. The van der Waals surface area contributed by atoms with Gasteiger partial charge in [-0.3, -0.25) is 19.6 Å². The Morgan fingerprint density at radius 2 is 1.82 bits per heavy atom. The van der Waals surface area contributed by atoms with Crippen LogP contribution in [0.4, 0.5) is 14.9 Å². The maximum Gasteiger partial charge on any atom is 0.410 e. The summed E-state index contributed by atoms with van der Waals surface area (Å²) in [4.78, 5) is 40.7. The summed E-state index contributed by atoms with van der Waals surface area (Å²) in [6.45, 7) is 18.9. The number of nitrogens with zero attached hydrogens (tertiary/aromatic N) is 5. The minimum atomic E-state index is -0.587. The SMILES string of the molecule is CCC1COCCN1C[C@H]1CN(C(=O)OC(C)(C)C)[C@H](C)CN1CC(=O)N1CC(C)(C)c2ncc(Cc3ccc(F)cc3)cc21. The van der Waals surface area contributed by atoms with E-state index < -0.39 is 5.60 Å². The summed E-state index contributed by atoms with van der Waals surface area (Å²) < 4.78 is 25.0. The number of ether oxygens (including phenoxy) is 2. The lowest BCUT2D eigenvalue weighted by Crippen LogP contribution is -2.64. The number of aromatic nitrogens is 1. The van der Waals surface area contributed by atoms with E-state index in [2.05, 4.69) is 36.6 Å². The summed E-state index contributed by atoms with van der Waals surface area (Å²) >= 11 is 0. The Balaban J connectivity index is 1.37. The zero-order valence-electron chi connectivity index (χ0n) is 28.0. The van der Waals surface area contributed by atoms with Gasteiger partial charge in [0.05, 0.1) is 31.1 Å². The van der Waals surface area contributed by atoms with E-state index >= 15 is 0 Å². The van der Waals surface area contributed by atoms with Crippen LogP contribution in [-0.4, -0.2) is 108 Å². The molecule has 0 radical (unpaired) electrons. The van der Waals surface area contributed by atoms with Gasteiger partial charge in [-0.05, 0) is 69.9 Å². The molecule has 3 atom stereocenters. The minimum Gasteiger partial charge on any atom is -0.444 e. The van der Waals surface area contributed by atoms with Crippen molar-refractivity contribution in [1.29, 1.82) is 0 Å². The predicted molar refractivity (Wildman–Crippen MR) is 173 cm³/mol. The first kappa shape index (κ1) is 33.3. The molecule has 1 aromatic heterocycles. The van der Waals surface area contributed by atoms with E-state index in [0.717, 1.165) is 42.0 Å². The number of carbonyl (C=O) groups excluding carboxylic acids is 2. The van der Waals surface area contributed by atoms with Gasteiger partial charge in [0.15, 0.2) is 0 Å². The fraction of sp³-hybridized carbons (Fsp3) is 0.629. The summed E-state index contributed by atoms with van der Waals surface area (Å²) in [5.41, 5.74) is 2.85. The van der Waals surface area contributed by atoms with E-state index in [-0.39, 0.29) is 41.9 Å². The molecule has 10 heteroatoms. The van der Waals surface area contributed by atoms with Gasteiger partial charge in [-0.15, -0.1) is 0 Å². The van der Waals surface area contributed by atoms with Crippen LogP contribution < -0.4 is 4.90 Å². The molecule has 0 aliphatic carbocycles. The Labute approximate surface area is 267 Å². The summed E-state index contributed by atoms with van der Waals surface area (Å²) in [7, 11) is 0. The molecule has 0 N–H and O–H groups in total. The Morgan fingerprint density at radius 3 is 2.51 bits per heavy atom. The third kappa shape index (κ3) is 7.84. The molecular weight excluding hydrogens is 573 g/mol. The molecule has 3 aliphatic rings. The fourth-order valence-corrected chi connectivity index (χ4v) is 6.82. The van der Waals surface area contributed by atoms with Crippen LogP contribution in [0.15, 0.2) is 36.5 Å². The molecule has 1 unspecified atom stereocenters. The highest BCUT2D eigenvalue weighted by atomic mass is 19.1. The van der Waals surface area contributed by atoms with Crippen molar-refractivity contribution in [3.63, 3.8) is 0 Å². The highest BCUT2D eigenvalue weighted by Gasteiger charge is 2.43. The van der Waals surface area contributed by atoms with Crippen molar-refractivity contribution >= 4 is 17.7 Å². The van der Waals surface area contributed by atoms with Crippen molar-refractivity contribution in [2.75, 3.05) is 57.4 Å². The number of halogens is 1. The van der Waals surface area contributed by atoms with E-state index in [0.29, 0.717) is 45.3 Å². The van der Waals surface area contributed by atoms with E-state index in [9.17, 15) is 14.0 Å². The lowest BCUT2D eigenvalue weighted by Gasteiger charge is -2.48. The van der Waals surface area contributed by atoms with Crippen molar-refractivity contribution in [3.05, 3.63) is 59.2 Å². The Kier molecular flexibility index (Phi) is 9.87. The molecule has 9 nitrogen and oxygen atoms in total. The number of fused-ring (bicyclic) bond motifs is 1. The third-order valence-corrected chi connectivity index (χ3v) is 9.22. The number of anilines is 1. The van der Waals surface area contributed by atoms with Crippen LogP contribution in [0, 0.1) is 5.82 Å². The first-order valence-electron chi connectivity index (χ1n) is 16.3. The number of carbonyl (C=O) groups is 2. The summed E-state index contributed by atoms with van der Waals surface area (Å²) in [6, 6.07) is 8.73. The molecule has 45 heavy (non-hydrogen) atoms. The zero-order valence-corrected chi connectivity index (χ0v) is 28.0. The first-order chi connectivity index (χ1) is 21.2. The van der Waals surface area contributed by atoms with E-state index in [1.165, 1.54) is 12.1 Å². The summed E-state index contributed by atoms with van der Waals surface area (Å²) in [5.74, 6) is -0.234. The second kappa shape index (κ2) is 13.3. The van der Waals surface area contributed by atoms with Crippen molar-refractivity contribution < 1.29 is 23.5 Å². The zero-order chi connectivity index (χ0) is 32.5. The van der Waals surface area contributed by atoms with Gasteiger partial charge in [0.2, 0.25) is 5.91 Å². The van der Waals surface area contributed by atoms with Crippen molar-refractivity contribution in [1.82, 2.24) is 19.7 Å². The van der Waals surface area contributed by atoms with E-state index in [1.807, 2.05) is 43.7 Å². The molecule has 0 saturated carbocycles. The van der Waals surface area contributed by atoms with Gasteiger partial charge in [0.25, 0.3) is 0 Å². The Morgan fingerprint density at radius 1 is 1.09 bits per heavy atom. The number of hydrogen-bond donors (Lipinski definition) is 0. The number of rotatable bonds is 7. The van der Waals surface area contributed by atoms with Gasteiger partial charge < -0.3 is 19.3 Å². The van der Waals surface area contributed by atoms with Crippen LogP contribution in [0.5, 0.6) is 0 Å². The van der Waals surface area contributed by atoms with Crippen LogP contribution in [0.2, 0.25) is 0 Å². The molecule has 1 aromatic carbocycles. The van der Waals surface area contributed by atoms with Crippen molar-refractivity contribution in [3.8, 4) is 0 Å². The third-order valence-electron chi connectivity index (χ3n) is 9.22. The van der Waals surface area contributed by atoms with Gasteiger partial charge in [-0.2, -0.15) is 0 Å². The lowest BCUT2D eigenvalue weighted by atomic mass is 9.91. The monoisotopic (exact) mass is 623 g/mol. The molecule has 5 rings (SSSR count). The highest BCUT2D eigenvalue weighted by Crippen LogP contribution is 2.40. The smallest absolute Gasteiger partial charge is 0.410 e. The average molecular weight is 624 g/mol. The van der Waals surface area contributed by atoms with Crippen LogP contribution in [0.3, 0.4) is 0 Å². The van der Waals surface area contributed by atoms with E-state index in [4.69, 9.17) is 14.5 Å². The molecule has 0 spiro atoms. The number of benzene rings is 1. The molecule has 0 bridgehead atoms. The molecule has 3 aliphatic heterocycles. The normalized spacial score (nSPS) is 24.0. The number of amides is 2. The second-order valence-electron chi connectivity index (χ2n) is 14.6. The Hall–Kier alpha value is -3.08. The molecule has 4 heterocycles. The van der Waals surface area contributed by atoms with Crippen LogP contribution in [0.25, 0.3) is 0 Å². The van der Waals surface area contributed by atoms with Gasteiger partial charge in [0.1, 0.15) is 11.4 Å². The number of hydrogen-bond acceptors (Lipinski definition) is 7. The largest absolute Gasteiger partial charge is 0.444 e. The second-order valence-corrected chi connectivity index (χ2v) is 14.6. The maximum absolute atomic E-state index is 14.2. The maximum atomic E-state index is 14.2. The molecule has 2 aromatic rings. The predicted octanol–water partition coefficient (Wildman–Crippen LogP) is 4.86. The van der Waals surface area contributed by atoms with Gasteiger partial charge in [-0.1, -0.05) is 32.9 Å². The molecule has 246 valence electrons. The van der Waals surface area contributed by atoms with Crippen molar-refractivity contribution in [2.24, 2.45) is 0 Å². The number of piperazine rings is 1. The summed E-state index contributed by atoms with van der Waals surface area (Å²) in [5, 5.41) is 0. The van der Waals surface area contributed by atoms with Crippen LogP contribution in [-0.2, 0) is 26.1 Å². The van der Waals surface area contributed by atoms with Gasteiger partial charge in [-0.25, -0.2) is 9.18 Å². The van der Waals surface area contributed by atoms with Gasteiger partial charge >= 0.3 is 6.09 Å². The van der Waals surface area contributed by atoms with Crippen LogP contribution >= 0.6 is 0 Å². The summed E-state index contributed by atoms with van der Waals surface area (Å²) in [6.07, 6.45) is 3.14. The minimum absolute atomic E-state index is 0.0273. The highest BCUT2D eigenvalue weighted by molar-refractivity contribution is 5.97. The number of pyridine rings is 1. The number of morpholine rings is 1. The van der Waals surface area contributed by atoms with Crippen LogP contribution in [0.1, 0.15) is 71.7 Å². The van der Waals surface area contributed by atoms with E-state index in [1.54, 1.807) is 12.1 Å². The molecular formula is C35H50FN5O4.